The zero-order chi connectivity index (χ0) is 17.0. The van der Waals surface area contributed by atoms with Crippen LogP contribution in [0.2, 0.25) is 5.02 Å². The number of methoxy groups -OCH3 is 1. The minimum Gasteiger partial charge on any atom is -0.469 e. The highest BCUT2D eigenvalue weighted by Gasteiger charge is 2.18. The third-order valence-corrected chi connectivity index (χ3v) is 3.37. The summed E-state index contributed by atoms with van der Waals surface area (Å²) >= 11 is 5.86. The van der Waals surface area contributed by atoms with E-state index in [4.69, 9.17) is 11.6 Å². The van der Waals surface area contributed by atoms with E-state index in [0.717, 1.165) is 5.69 Å². The van der Waals surface area contributed by atoms with E-state index in [2.05, 4.69) is 20.1 Å². The van der Waals surface area contributed by atoms with Crippen molar-refractivity contribution < 1.29 is 14.3 Å². The van der Waals surface area contributed by atoms with Crippen molar-refractivity contribution in [3.63, 3.8) is 0 Å². The van der Waals surface area contributed by atoms with Gasteiger partial charge >= 0.3 is 5.97 Å². The topological polar surface area (TPSA) is 86.1 Å². The Morgan fingerprint density at radius 1 is 1.35 bits per heavy atom. The smallest absolute Gasteiger partial charge is 0.307 e. The molecule has 122 valence electrons. The Hall–Kier alpha value is -2.41. The SMILES string of the molecule is COC(=O)CC(C)NC(=O)c1nc(C)n(-c2ccc(Cl)cc2)n1. The number of amides is 1. The predicted octanol–water partition coefficient (Wildman–Crippen LogP) is 1.91. The van der Waals surface area contributed by atoms with Crippen LogP contribution in [0, 0.1) is 6.92 Å². The lowest BCUT2D eigenvalue weighted by molar-refractivity contribution is -0.141. The number of ether oxygens (including phenoxy) is 1. The van der Waals surface area contributed by atoms with Crippen LogP contribution in [0.5, 0.6) is 0 Å². The van der Waals surface area contributed by atoms with E-state index >= 15 is 0 Å². The van der Waals surface area contributed by atoms with Crippen molar-refractivity contribution in [1.82, 2.24) is 20.1 Å². The molecule has 0 fully saturated rings. The molecule has 0 aliphatic heterocycles. The second kappa shape index (κ2) is 7.23. The van der Waals surface area contributed by atoms with Crippen LogP contribution in [0.1, 0.15) is 29.8 Å². The van der Waals surface area contributed by atoms with Crippen LogP contribution in [0.4, 0.5) is 0 Å². The lowest BCUT2D eigenvalue weighted by Gasteiger charge is -2.10. The Labute approximate surface area is 138 Å². The van der Waals surface area contributed by atoms with E-state index in [0.29, 0.717) is 10.8 Å². The fourth-order valence-electron chi connectivity index (χ4n) is 1.99. The maximum atomic E-state index is 12.2. The summed E-state index contributed by atoms with van der Waals surface area (Å²) in [5.41, 5.74) is 0.751. The van der Waals surface area contributed by atoms with Gasteiger partial charge in [-0.05, 0) is 38.1 Å². The first-order valence-electron chi connectivity index (χ1n) is 6.98. The minimum absolute atomic E-state index is 0.0363. The third-order valence-electron chi connectivity index (χ3n) is 3.12. The summed E-state index contributed by atoms with van der Waals surface area (Å²) in [6.07, 6.45) is 0.0825. The Morgan fingerprint density at radius 3 is 2.61 bits per heavy atom. The molecular weight excluding hydrogens is 320 g/mol. The van der Waals surface area contributed by atoms with Crippen molar-refractivity contribution >= 4 is 23.5 Å². The van der Waals surface area contributed by atoms with Gasteiger partial charge in [0.05, 0.1) is 19.2 Å². The molecule has 2 rings (SSSR count). The summed E-state index contributed by atoms with van der Waals surface area (Å²) in [5.74, 6) is -0.238. The van der Waals surface area contributed by atoms with Crippen molar-refractivity contribution in [1.29, 1.82) is 0 Å². The molecule has 1 amide bonds. The van der Waals surface area contributed by atoms with Gasteiger partial charge in [0.1, 0.15) is 5.82 Å². The second-order valence-corrected chi connectivity index (χ2v) is 5.46. The largest absolute Gasteiger partial charge is 0.469 e. The highest BCUT2D eigenvalue weighted by molar-refractivity contribution is 6.30. The van der Waals surface area contributed by atoms with Crippen LogP contribution in [0.25, 0.3) is 5.69 Å². The number of aryl methyl sites for hydroxylation is 1. The molecule has 7 nitrogen and oxygen atoms in total. The number of carbonyl (C=O) groups excluding carboxylic acids is 2. The summed E-state index contributed by atoms with van der Waals surface area (Å²) in [4.78, 5) is 27.5. The monoisotopic (exact) mass is 336 g/mol. The predicted molar refractivity (Wildman–Crippen MR) is 84.7 cm³/mol. The van der Waals surface area contributed by atoms with Crippen LogP contribution >= 0.6 is 11.6 Å². The van der Waals surface area contributed by atoms with Crippen molar-refractivity contribution in [3.8, 4) is 5.69 Å². The van der Waals surface area contributed by atoms with Gasteiger partial charge in [-0.15, -0.1) is 5.10 Å². The van der Waals surface area contributed by atoms with Gasteiger partial charge in [0.2, 0.25) is 5.82 Å². The molecule has 0 aliphatic rings. The molecule has 23 heavy (non-hydrogen) atoms. The van der Waals surface area contributed by atoms with Gasteiger partial charge in [-0.2, -0.15) is 0 Å². The highest BCUT2D eigenvalue weighted by Crippen LogP contribution is 2.14. The molecule has 1 atom stereocenters. The minimum atomic E-state index is -0.447. The molecular formula is C15H17ClN4O3. The van der Waals surface area contributed by atoms with E-state index in [9.17, 15) is 9.59 Å². The van der Waals surface area contributed by atoms with E-state index < -0.39 is 11.9 Å². The second-order valence-electron chi connectivity index (χ2n) is 5.03. The van der Waals surface area contributed by atoms with Crippen molar-refractivity contribution in [2.75, 3.05) is 7.11 Å². The van der Waals surface area contributed by atoms with E-state index in [1.807, 2.05) is 0 Å². The quantitative estimate of drug-likeness (QED) is 0.843. The van der Waals surface area contributed by atoms with Crippen molar-refractivity contribution in [2.45, 2.75) is 26.3 Å². The number of rotatable bonds is 5. The number of halogens is 1. The number of nitrogens with zero attached hydrogens (tertiary/aromatic N) is 3. The number of carbonyl (C=O) groups is 2. The van der Waals surface area contributed by atoms with Crippen LogP contribution in [0.15, 0.2) is 24.3 Å². The number of hydrogen-bond donors (Lipinski definition) is 1. The van der Waals surface area contributed by atoms with Gasteiger partial charge in [-0.1, -0.05) is 11.6 Å². The van der Waals surface area contributed by atoms with Crippen LogP contribution in [-0.2, 0) is 9.53 Å². The molecule has 1 heterocycles. The number of hydrogen-bond acceptors (Lipinski definition) is 5. The molecule has 0 aliphatic carbocycles. The molecule has 1 unspecified atom stereocenters. The summed E-state index contributed by atoms with van der Waals surface area (Å²) < 4.78 is 6.11. The van der Waals surface area contributed by atoms with Gasteiger partial charge < -0.3 is 10.1 Å². The molecule has 8 heteroatoms. The molecule has 0 saturated carbocycles. The molecule has 0 radical (unpaired) electrons. The average molecular weight is 337 g/mol. The standard InChI is InChI=1S/C15H17ClN4O3/c1-9(8-13(21)23-3)17-15(22)14-18-10(2)20(19-14)12-6-4-11(16)5-7-12/h4-7,9H,8H2,1-3H3,(H,17,22). The number of nitrogens with one attached hydrogen (secondary N) is 1. The maximum Gasteiger partial charge on any atom is 0.307 e. The highest BCUT2D eigenvalue weighted by atomic mass is 35.5. The van der Waals surface area contributed by atoms with Crippen molar-refractivity contribution in [2.24, 2.45) is 0 Å². The van der Waals surface area contributed by atoms with E-state index in [1.54, 1.807) is 42.8 Å². The molecule has 2 aromatic rings. The van der Waals surface area contributed by atoms with Crippen LogP contribution in [0.3, 0.4) is 0 Å². The molecule has 1 N–H and O–H groups in total. The molecule has 1 aromatic carbocycles. The van der Waals surface area contributed by atoms with Gasteiger partial charge in [-0.3, -0.25) is 9.59 Å². The lowest BCUT2D eigenvalue weighted by Crippen LogP contribution is -2.35. The zero-order valence-electron chi connectivity index (χ0n) is 13.0. The molecule has 0 spiro atoms. The lowest BCUT2D eigenvalue weighted by atomic mass is 10.2. The Morgan fingerprint density at radius 2 is 2.00 bits per heavy atom. The van der Waals surface area contributed by atoms with Crippen LogP contribution < -0.4 is 5.32 Å². The zero-order valence-corrected chi connectivity index (χ0v) is 13.8. The van der Waals surface area contributed by atoms with Gasteiger partial charge in [-0.25, -0.2) is 9.67 Å². The summed E-state index contributed by atoms with van der Waals surface area (Å²) in [5, 5.41) is 7.47. The maximum absolute atomic E-state index is 12.2. The van der Waals surface area contributed by atoms with Gasteiger partial charge in [0.25, 0.3) is 5.91 Å². The summed E-state index contributed by atoms with van der Waals surface area (Å²) in [6, 6.07) is 6.65. The number of esters is 1. The Bertz CT molecular complexity index is 712. The van der Waals surface area contributed by atoms with E-state index in [-0.39, 0.29) is 18.3 Å². The Balaban J connectivity index is 2.12. The van der Waals surface area contributed by atoms with Gasteiger partial charge in [0, 0.05) is 11.1 Å². The number of benzene rings is 1. The summed E-state index contributed by atoms with van der Waals surface area (Å²) in [6.45, 7) is 3.45. The van der Waals surface area contributed by atoms with E-state index in [1.165, 1.54) is 7.11 Å². The third kappa shape index (κ3) is 4.29. The first-order chi connectivity index (χ1) is 10.9. The molecule has 0 bridgehead atoms. The van der Waals surface area contributed by atoms with Gasteiger partial charge in [0.15, 0.2) is 0 Å². The fourth-order valence-corrected chi connectivity index (χ4v) is 2.11. The first kappa shape index (κ1) is 17.0. The number of aromatic nitrogens is 3. The first-order valence-corrected chi connectivity index (χ1v) is 7.35. The molecule has 0 saturated heterocycles. The molecule has 1 aromatic heterocycles. The van der Waals surface area contributed by atoms with Crippen molar-refractivity contribution in [3.05, 3.63) is 40.9 Å². The Kier molecular flexibility index (Phi) is 5.33. The normalized spacial score (nSPS) is 11.8. The summed E-state index contributed by atoms with van der Waals surface area (Å²) in [7, 11) is 1.30. The van der Waals surface area contributed by atoms with Crippen LogP contribution in [-0.4, -0.2) is 39.8 Å². The fraction of sp³-hybridized carbons (Fsp3) is 0.333. The average Bonchev–Trinajstić information content (AvgIpc) is 2.90.